The molecule has 1 unspecified atom stereocenters. The topological polar surface area (TPSA) is 20.2 Å². The van der Waals surface area contributed by atoms with Crippen LogP contribution in [0.25, 0.3) is 0 Å². The molecule has 0 amide bonds. The van der Waals surface area contributed by atoms with Crippen LogP contribution in [0.4, 0.5) is 35.1 Å². The Bertz CT molecular complexity index is 453. The first-order valence-electron chi connectivity index (χ1n) is 4.66. The molecule has 9 heteroatoms. The molecule has 1 rings (SSSR count). The van der Waals surface area contributed by atoms with Crippen molar-refractivity contribution >= 4 is 0 Å². The Balaban J connectivity index is 3.20. The third kappa shape index (κ3) is 2.59. The molecule has 0 heterocycles. The van der Waals surface area contributed by atoms with E-state index in [2.05, 4.69) is 0 Å². The minimum absolute atomic E-state index is 0.338. The van der Waals surface area contributed by atoms with E-state index in [1.807, 2.05) is 0 Å². The summed E-state index contributed by atoms with van der Waals surface area (Å²) in [6, 6.07) is 2.64. The molecule has 1 aromatic carbocycles. The fourth-order valence-corrected chi connectivity index (χ4v) is 1.24. The van der Waals surface area contributed by atoms with Gasteiger partial charge in [-0.25, -0.2) is 4.39 Å². The van der Waals surface area contributed by atoms with Crippen molar-refractivity contribution in [3.63, 3.8) is 0 Å². The average Bonchev–Trinajstić information content (AvgIpc) is 2.26. The summed E-state index contributed by atoms with van der Waals surface area (Å²) in [7, 11) is 0. The Labute approximate surface area is 101 Å². The molecule has 0 saturated heterocycles. The van der Waals surface area contributed by atoms with Gasteiger partial charge in [0.1, 0.15) is 5.75 Å². The smallest absolute Gasteiger partial charge is 0.460 e. The minimum atomic E-state index is -6.60. The molecule has 1 nitrogen and oxygen atoms in total. The predicted molar refractivity (Wildman–Crippen MR) is 47.9 cm³/mol. The zero-order valence-corrected chi connectivity index (χ0v) is 8.86. The highest BCUT2D eigenvalue weighted by molar-refractivity contribution is 5.30. The van der Waals surface area contributed by atoms with Crippen LogP contribution in [0.5, 0.6) is 5.75 Å². The number of hydrogen-bond acceptors (Lipinski definition) is 1. The predicted octanol–water partition coefficient (Wildman–Crippen LogP) is 4.24. The van der Waals surface area contributed by atoms with Crippen molar-refractivity contribution in [1.29, 1.82) is 0 Å². The molecule has 0 fully saturated rings. The van der Waals surface area contributed by atoms with Crippen LogP contribution in [0.1, 0.15) is 11.7 Å². The SMILES string of the molecule is Oc1cccc(C(F)C(F)(F)C(F)(F)C(F)(F)F)c1. The first-order valence-corrected chi connectivity index (χ1v) is 4.66. The Morgan fingerprint density at radius 2 is 1.47 bits per heavy atom. The normalized spacial score (nSPS) is 15.4. The maximum absolute atomic E-state index is 13.3. The van der Waals surface area contributed by atoms with E-state index >= 15 is 0 Å². The van der Waals surface area contributed by atoms with Crippen LogP contribution in [0.3, 0.4) is 0 Å². The Kier molecular flexibility index (Phi) is 3.70. The van der Waals surface area contributed by atoms with Gasteiger partial charge >= 0.3 is 18.0 Å². The van der Waals surface area contributed by atoms with Crippen LogP contribution in [0.2, 0.25) is 0 Å². The number of aromatic hydroxyl groups is 1. The quantitative estimate of drug-likeness (QED) is 0.827. The largest absolute Gasteiger partial charge is 0.508 e. The van der Waals surface area contributed by atoms with Gasteiger partial charge in [0.25, 0.3) is 0 Å². The van der Waals surface area contributed by atoms with Crippen molar-refractivity contribution in [3.05, 3.63) is 29.8 Å². The van der Waals surface area contributed by atoms with Crippen LogP contribution in [-0.2, 0) is 0 Å². The van der Waals surface area contributed by atoms with Gasteiger partial charge in [-0.05, 0) is 17.7 Å². The second kappa shape index (κ2) is 4.53. The Hall–Kier alpha value is -1.54. The second-order valence-electron chi connectivity index (χ2n) is 3.65. The molecule has 0 aliphatic carbocycles. The van der Waals surface area contributed by atoms with Crippen LogP contribution in [-0.4, -0.2) is 23.1 Å². The summed E-state index contributed by atoms with van der Waals surface area (Å²) >= 11 is 0. The molecule has 1 aromatic rings. The molecular formula is C10H6F8O. The van der Waals surface area contributed by atoms with Crippen LogP contribution in [0.15, 0.2) is 24.3 Å². The fraction of sp³-hybridized carbons (Fsp3) is 0.400. The Morgan fingerprint density at radius 3 is 1.89 bits per heavy atom. The minimum Gasteiger partial charge on any atom is -0.508 e. The van der Waals surface area contributed by atoms with E-state index in [1.54, 1.807) is 0 Å². The van der Waals surface area contributed by atoms with E-state index in [9.17, 15) is 35.1 Å². The molecule has 0 bridgehead atoms. The molecule has 0 radical (unpaired) electrons. The zero-order chi connectivity index (χ0) is 15.1. The second-order valence-corrected chi connectivity index (χ2v) is 3.65. The molecule has 19 heavy (non-hydrogen) atoms. The average molecular weight is 294 g/mol. The standard InChI is InChI=1S/C10H6F8O/c11-7(5-2-1-3-6(19)4-5)8(12,13)9(14,15)10(16,17)18/h1-4,7,19H. The summed E-state index contributed by atoms with van der Waals surface area (Å²) in [5, 5.41) is 8.87. The van der Waals surface area contributed by atoms with Gasteiger partial charge in [-0.1, -0.05) is 12.1 Å². The lowest BCUT2D eigenvalue weighted by Gasteiger charge is -2.30. The van der Waals surface area contributed by atoms with Crippen LogP contribution >= 0.6 is 0 Å². The molecule has 0 aromatic heterocycles. The Morgan fingerprint density at radius 1 is 0.947 bits per heavy atom. The maximum atomic E-state index is 13.3. The number of halogens is 8. The molecule has 0 saturated carbocycles. The zero-order valence-electron chi connectivity index (χ0n) is 8.86. The highest BCUT2D eigenvalue weighted by Crippen LogP contribution is 2.53. The lowest BCUT2D eigenvalue weighted by molar-refractivity contribution is -0.367. The van der Waals surface area contributed by atoms with Crippen molar-refractivity contribution in [2.45, 2.75) is 24.2 Å². The van der Waals surface area contributed by atoms with Gasteiger partial charge in [-0.2, -0.15) is 30.7 Å². The van der Waals surface area contributed by atoms with Crippen molar-refractivity contribution < 1.29 is 40.2 Å². The number of benzene rings is 1. The number of phenolic OH excluding ortho intramolecular Hbond substituents is 1. The summed E-state index contributed by atoms with van der Waals surface area (Å²) in [5.41, 5.74) is -1.19. The van der Waals surface area contributed by atoms with E-state index in [-0.39, 0.29) is 0 Å². The third-order valence-electron chi connectivity index (χ3n) is 2.26. The summed E-state index contributed by atoms with van der Waals surface area (Å²) in [5.74, 6) is -13.3. The molecular weight excluding hydrogens is 288 g/mol. The van der Waals surface area contributed by atoms with Crippen molar-refractivity contribution in [3.8, 4) is 5.75 Å². The van der Waals surface area contributed by atoms with Gasteiger partial charge < -0.3 is 5.11 Å². The summed E-state index contributed by atoms with van der Waals surface area (Å²) in [4.78, 5) is 0. The highest BCUT2D eigenvalue weighted by Gasteiger charge is 2.76. The number of hydrogen-bond donors (Lipinski definition) is 1. The molecule has 0 aliphatic heterocycles. The van der Waals surface area contributed by atoms with Crippen LogP contribution in [0, 0.1) is 0 Å². The first kappa shape index (κ1) is 15.5. The highest BCUT2D eigenvalue weighted by atomic mass is 19.4. The van der Waals surface area contributed by atoms with E-state index in [1.165, 1.54) is 0 Å². The van der Waals surface area contributed by atoms with Crippen molar-refractivity contribution in [1.82, 2.24) is 0 Å². The van der Waals surface area contributed by atoms with E-state index in [0.717, 1.165) is 12.1 Å². The lowest BCUT2D eigenvalue weighted by atomic mass is 9.99. The van der Waals surface area contributed by atoms with Crippen molar-refractivity contribution in [2.24, 2.45) is 0 Å². The molecule has 0 aliphatic rings. The summed E-state index contributed by atoms with van der Waals surface area (Å²) < 4.78 is 99.9. The van der Waals surface area contributed by atoms with E-state index < -0.39 is 35.5 Å². The van der Waals surface area contributed by atoms with Crippen LogP contribution < -0.4 is 0 Å². The van der Waals surface area contributed by atoms with Gasteiger partial charge in [0.2, 0.25) is 0 Å². The fourth-order valence-electron chi connectivity index (χ4n) is 1.24. The van der Waals surface area contributed by atoms with Gasteiger partial charge in [0, 0.05) is 0 Å². The maximum Gasteiger partial charge on any atom is 0.460 e. The number of rotatable bonds is 3. The number of phenols is 1. The summed E-state index contributed by atoms with van der Waals surface area (Å²) in [6.45, 7) is 0. The molecule has 0 spiro atoms. The van der Waals surface area contributed by atoms with Gasteiger partial charge in [-0.15, -0.1) is 0 Å². The van der Waals surface area contributed by atoms with Gasteiger partial charge in [0.15, 0.2) is 6.17 Å². The van der Waals surface area contributed by atoms with Gasteiger partial charge in [-0.3, -0.25) is 0 Å². The van der Waals surface area contributed by atoms with Gasteiger partial charge in [0.05, 0.1) is 0 Å². The third-order valence-corrected chi connectivity index (χ3v) is 2.26. The monoisotopic (exact) mass is 294 g/mol. The molecule has 108 valence electrons. The van der Waals surface area contributed by atoms with E-state index in [4.69, 9.17) is 5.11 Å². The van der Waals surface area contributed by atoms with Crippen molar-refractivity contribution in [2.75, 3.05) is 0 Å². The lowest BCUT2D eigenvalue weighted by Crippen LogP contribution is -2.54. The first-order chi connectivity index (χ1) is 8.41. The number of alkyl halides is 8. The van der Waals surface area contributed by atoms with E-state index in [0.29, 0.717) is 12.1 Å². The molecule has 1 atom stereocenters. The molecule has 1 N–H and O–H groups in total. The summed E-state index contributed by atoms with van der Waals surface area (Å²) in [6.07, 6.45) is -10.5.